The second-order valence-corrected chi connectivity index (χ2v) is 8.10. The van der Waals surface area contributed by atoms with Crippen molar-refractivity contribution >= 4 is 17.2 Å². The Morgan fingerprint density at radius 1 is 1.36 bits per heavy atom. The molecule has 3 heterocycles. The third kappa shape index (κ3) is 4.39. The molecule has 1 aliphatic rings. The molecular formula is C22H23N3O2S. The zero-order valence-electron chi connectivity index (χ0n) is 15.9. The molecule has 1 N–H and O–H groups in total. The van der Waals surface area contributed by atoms with E-state index < -0.39 is 0 Å². The van der Waals surface area contributed by atoms with Crippen LogP contribution in [0.1, 0.15) is 28.8 Å². The fraction of sp³-hybridized carbons (Fsp3) is 0.318. The van der Waals surface area contributed by atoms with E-state index in [2.05, 4.69) is 45.8 Å². The largest absolute Gasteiger partial charge is 0.487 e. The second-order valence-electron chi connectivity index (χ2n) is 7.07. The molecule has 1 aromatic carbocycles. The van der Waals surface area contributed by atoms with Gasteiger partial charge in [-0.2, -0.15) is 0 Å². The van der Waals surface area contributed by atoms with E-state index in [0.717, 1.165) is 41.8 Å². The van der Waals surface area contributed by atoms with E-state index in [-0.39, 0.29) is 12.0 Å². The van der Waals surface area contributed by atoms with Crippen molar-refractivity contribution in [3.05, 3.63) is 64.2 Å². The van der Waals surface area contributed by atoms with E-state index >= 15 is 0 Å². The summed E-state index contributed by atoms with van der Waals surface area (Å²) in [5.41, 5.74) is 4.10. The molecule has 0 bridgehead atoms. The topological polar surface area (TPSA) is 64.1 Å². The van der Waals surface area contributed by atoms with Gasteiger partial charge in [-0.05, 0) is 48.4 Å². The molecule has 1 amide bonds. The van der Waals surface area contributed by atoms with Gasteiger partial charge in [-0.3, -0.25) is 14.8 Å². The summed E-state index contributed by atoms with van der Waals surface area (Å²) in [6.45, 7) is 2.59. The smallest absolute Gasteiger partial charge is 0.220 e. The number of aromatic nitrogens is 2. The van der Waals surface area contributed by atoms with E-state index in [1.165, 1.54) is 10.4 Å². The Labute approximate surface area is 168 Å². The van der Waals surface area contributed by atoms with Crippen LogP contribution in [0.2, 0.25) is 0 Å². The Balaban J connectivity index is 1.33. The SMILES string of the molecule is Cc1cc2c(c(-c3cnccn3)c1)O[C@@H](CNC(=O)CCCc1cccs1)C2. The molecule has 144 valence electrons. The quantitative estimate of drug-likeness (QED) is 0.660. The summed E-state index contributed by atoms with van der Waals surface area (Å²) < 4.78 is 6.18. The van der Waals surface area contributed by atoms with Gasteiger partial charge in [0.05, 0.1) is 18.4 Å². The van der Waals surface area contributed by atoms with Gasteiger partial charge < -0.3 is 10.1 Å². The van der Waals surface area contributed by atoms with Gasteiger partial charge in [-0.1, -0.05) is 12.1 Å². The Kier molecular flexibility index (Phi) is 5.67. The number of nitrogens with zero attached hydrogens (tertiary/aromatic N) is 2. The normalized spacial score (nSPS) is 15.1. The molecule has 1 aliphatic heterocycles. The van der Waals surface area contributed by atoms with Gasteiger partial charge in [0, 0.05) is 35.7 Å². The third-order valence-electron chi connectivity index (χ3n) is 4.82. The first-order chi connectivity index (χ1) is 13.7. The number of benzene rings is 1. The zero-order chi connectivity index (χ0) is 19.3. The van der Waals surface area contributed by atoms with Gasteiger partial charge >= 0.3 is 0 Å². The number of aryl methyl sites for hydroxylation is 2. The summed E-state index contributed by atoms with van der Waals surface area (Å²) in [5, 5.41) is 5.10. The number of ether oxygens (including phenoxy) is 1. The Morgan fingerprint density at radius 2 is 2.29 bits per heavy atom. The lowest BCUT2D eigenvalue weighted by Crippen LogP contribution is -2.34. The molecular weight excluding hydrogens is 370 g/mol. The van der Waals surface area contributed by atoms with Crippen LogP contribution >= 0.6 is 11.3 Å². The maximum atomic E-state index is 12.2. The minimum absolute atomic E-state index is 0.0477. The van der Waals surface area contributed by atoms with E-state index in [4.69, 9.17) is 4.74 Å². The minimum atomic E-state index is -0.0477. The minimum Gasteiger partial charge on any atom is -0.487 e. The van der Waals surface area contributed by atoms with Crippen LogP contribution in [0.3, 0.4) is 0 Å². The average molecular weight is 394 g/mol. The fourth-order valence-electron chi connectivity index (χ4n) is 3.53. The van der Waals surface area contributed by atoms with Crippen molar-refractivity contribution in [2.75, 3.05) is 6.54 Å². The highest BCUT2D eigenvalue weighted by molar-refractivity contribution is 7.09. The van der Waals surface area contributed by atoms with Gasteiger partial charge in [-0.15, -0.1) is 11.3 Å². The number of fused-ring (bicyclic) bond motifs is 1. The zero-order valence-corrected chi connectivity index (χ0v) is 16.7. The summed E-state index contributed by atoms with van der Waals surface area (Å²) in [6.07, 6.45) is 8.21. The monoisotopic (exact) mass is 393 g/mol. The molecule has 0 saturated carbocycles. The Bertz CT molecular complexity index is 942. The predicted molar refractivity (Wildman–Crippen MR) is 111 cm³/mol. The first-order valence-electron chi connectivity index (χ1n) is 9.54. The maximum Gasteiger partial charge on any atom is 0.220 e. The molecule has 5 nitrogen and oxygen atoms in total. The van der Waals surface area contributed by atoms with Crippen molar-refractivity contribution in [3.63, 3.8) is 0 Å². The van der Waals surface area contributed by atoms with E-state index in [9.17, 15) is 4.79 Å². The molecule has 6 heteroatoms. The number of rotatable bonds is 7. The summed E-state index contributed by atoms with van der Waals surface area (Å²) in [7, 11) is 0. The van der Waals surface area contributed by atoms with Crippen LogP contribution in [0.5, 0.6) is 5.75 Å². The van der Waals surface area contributed by atoms with E-state index in [1.807, 2.05) is 6.07 Å². The lowest BCUT2D eigenvalue weighted by atomic mass is 10.0. The summed E-state index contributed by atoms with van der Waals surface area (Å²) in [6, 6.07) is 8.39. The molecule has 0 aliphatic carbocycles. The maximum absolute atomic E-state index is 12.2. The molecule has 0 radical (unpaired) electrons. The van der Waals surface area contributed by atoms with Crippen molar-refractivity contribution in [1.29, 1.82) is 0 Å². The molecule has 4 rings (SSSR count). The van der Waals surface area contributed by atoms with Crippen LogP contribution in [0.4, 0.5) is 0 Å². The second kappa shape index (κ2) is 8.52. The summed E-state index contributed by atoms with van der Waals surface area (Å²) in [5.74, 6) is 0.949. The van der Waals surface area contributed by atoms with E-state index in [0.29, 0.717) is 13.0 Å². The Morgan fingerprint density at radius 3 is 3.07 bits per heavy atom. The highest BCUT2D eigenvalue weighted by atomic mass is 32.1. The highest BCUT2D eigenvalue weighted by Gasteiger charge is 2.27. The van der Waals surface area contributed by atoms with Crippen molar-refractivity contribution in [3.8, 4) is 17.0 Å². The van der Waals surface area contributed by atoms with Crippen molar-refractivity contribution < 1.29 is 9.53 Å². The summed E-state index contributed by atoms with van der Waals surface area (Å²) >= 11 is 1.74. The van der Waals surface area contributed by atoms with Crippen molar-refractivity contribution in [2.45, 2.75) is 38.7 Å². The number of carbonyl (C=O) groups is 1. The van der Waals surface area contributed by atoms with Crippen LogP contribution in [0, 0.1) is 6.92 Å². The fourth-order valence-corrected chi connectivity index (χ4v) is 4.28. The molecule has 28 heavy (non-hydrogen) atoms. The molecule has 0 unspecified atom stereocenters. The summed E-state index contributed by atoms with van der Waals surface area (Å²) in [4.78, 5) is 22.1. The van der Waals surface area contributed by atoms with Crippen LogP contribution < -0.4 is 10.1 Å². The van der Waals surface area contributed by atoms with Crippen LogP contribution in [-0.2, 0) is 17.6 Å². The number of carbonyl (C=O) groups excluding carboxylic acids is 1. The third-order valence-corrected chi connectivity index (χ3v) is 5.75. The number of thiophene rings is 1. The molecule has 1 atom stereocenters. The van der Waals surface area contributed by atoms with Crippen molar-refractivity contribution in [1.82, 2.24) is 15.3 Å². The van der Waals surface area contributed by atoms with Gasteiger partial charge in [0.15, 0.2) is 0 Å². The first-order valence-corrected chi connectivity index (χ1v) is 10.4. The first kappa shape index (κ1) is 18.6. The molecule has 0 fully saturated rings. The Hall–Kier alpha value is -2.73. The van der Waals surface area contributed by atoms with Crippen LogP contribution in [0.15, 0.2) is 48.2 Å². The van der Waals surface area contributed by atoms with E-state index in [1.54, 1.807) is 29.9 Å². The number of hydrogen-bond acceptors (Lipinski definition) is 5. The molecule has 2 aromatic heterocycles. The molecule has 3 aromatic rings. The molecule has 0 spiro atoms. The van der Waals surface area contributed by atoms with Gasteiger partial charge in [0.25, 0.3) is 0 Å². The average Bonchev–Trinajstić information content (AvgIpc) is 3.36. The number of hydrogen-bond donors (Lipinski definition) is 1. The lowest BCUT2D eigenvalue weighted by Gasteiger charge is -2.13. The van der Waals surface area contributed by atoms with Gasteiger partial charge in [-0.25, -0.2) is 0 Å². The number of nitrogens with one attached hydrogen (secondary N) is 1. The van der Waals surface area contributed by atoms with Crippen LogP contribution in [-0.4, -0.2) is 28.5 Å². The standard InChI is InChI=1S/C22H23N3O2S/c1-15-10-16-12-17(13-25-21(26)6-2-4-18-5-3-9-28-18)27-22(16)19(11-15)20-14-23-7-8-24-20/h3,5,7-11,14,17H,2,4,6,12-13H2,1H3,(H,25,26)/t17-/m1/s1. The predicted octanol–water partition coefficient (Wildman–Crippen LogP) is 3.96. The van der Waals surface area contributed by atoms with Gasteiger partial charge in [0.2, 0.25) is 5.91 Å². The van der Waals surface area contributed by atoms with Crippen LogP contribution in [0.25, 0.3) is 11.3 Å². The van der Waals surface area contributed by atoms with Crippen molar-refractivity contribution in [2.24, 2.45) is 0 Å². The van der Waals surface area contributed by atoms with Gasteiger partial charge in [0.1, 0.15) is 11.9 Å². The number of amides is 1. The lowest BCUT2D eigenvalue weighted by molar-refractivity contribution is -0.121. The highest BCUT2D eigenvalue weighted by Crippen LogP contribution is 2.38. The molecule has 0 saturated heterocycles.